The number of hydrogen-bond acceptors (Lipinski definition) is 3. The van der Waals surface area contributed by atoms with Crippen LogP contribution in [0.15, 0.2) is 54.6 Å². The molecule has 4 rings (SSSR count). The first-order chi connectivity index (χ1) is 17.0. The number of halogens is 7. The van der Waals surface area contributed by atoms with Crippen LogP contribution in [-0.4, -0.2) is 23.1 Å². The molecule has 1 saturated carbocycles. The summed E-state index contributed by atoms with van der Waals surface area (Å²) in [5.41, 5.74) is 0.444. The zero-order valence-corrected chi connectivity index (χ0v) is 22.0. The average Bonchev–Trinajstić information content (AvgIpc) is 3.33. The maximum absolute atomic E-state index is 13.4. The van der Waals surface area contributed by atoms with Gasteiger partial charge in [-0.25, -0.2) is 8.78 Å². The minimum Gasteiger partial charge on any atom is -0.384 e. The van der Waals surface area contributed by atoms with Gasteiger partial charge in [-0.1, -0.05) is 64.1 Å². The van der Waals surface area contributed by atoms with Gasteiger partial charge in [-0.2, -0.15) is 0 Å². The van der Waals surface area contributed by atoms with E-state index in [1.807, 2.05) is 0 Å². The van der Waals surface area contributed by atoms with Crippen molar-refractivity contribution in [3.8, 4) is 0 Å². The summed E-state index contributed by atoms with van der Waals surface area (Å²) >= 11 is 31.5. The minimum absolute atomic E-state index is 0.0385. The molecule has 3 aromatic rings. The van der Waals surface area contributed by atoms with Gasteiger partial charge in [0.1, 0.15) is 10.6 Å². The van der Waals surface area contributed by atoms with E-state index in [1.54, 1.807) is 24.3 Å². The molecule has 36 heavy (non-hydrogen) atoms. The van der Waals surface area contributed by atoms with Crippen molar-refractivity contribution >= 4 is 75.9 Å². The highest BCUT2D eigenvalue weighted by atomic mass is 35.5. The molecule has 1 fully saturated rings. The summed E-state index contributed by atoms with van der Waals surface area (Å²) in [6.07, 6.45) is 0.699. The molecule has 1 amide bonds. The SMILES string of the molecule is O=CC1(CNc2ccc(Cl)c(C(=O)NCc3ccc(F)c(F)c3)c2)C(c2cc(Cl)cc(Cl)c2)C1(Cl)Cl. The number of carbonyl (C=O) groups excluding carboxylic acids is 2. The van der Waals surface area contributed by atoms with E-state index in [2.05, 4.69) is 10.6 Å². The van der Waals surface area contributed by atoms with Crippen LogP contribution < -0.4 is 10.6 Å². The van der Waals surface area contributed by atoms with E-state index in [9.17, 15) is 18.4 Å². The van der Waals surface area contributed by atoms with E-state index < -0.39 is 33.2 Å². The lowest BCUT2D eigenvalue weighted by atomic mass is 10.00. The van der Waals surface area contributed by atoms with Crippen LogP contribution in [0, 0.1) is 17.0 Å². The number of aldehydes is 1. The monoisotopic (exact) mass is 590 g/mol. The third-order valence-electron chi connectivity index (χ3n) is 6.08. The number of hydrogen-bond donors (Lipinski definition) is 2. The zero-order valence-electron chi connectivity index (χ0n) is 18.2. The summed E-state index contributed by atoms with van der Waals surface area (Å²) in [5, 5.41) is 6.66. The molecule has 2 unspecified atom stereocenters. The highest BCUT2D eigenvalue weighted by Gasteiger charge is 2.76. The quantitative estimate of drug-likeness (QED) is 0.211. The Morgan fingerprint density at radius 3 is 2.28 bits per heavy atom. The number of benzene rings is 3. The summed E-state index contributed by atoms with van der Waals surface area (Å²) in [4.78, 5) is 24.9. The van der Waals surface area contributed by atoms with E-state index in [0.717, 1.165) is 12.1 Å². The molecule has 2 N–H and O–H groups in total. The molecule has 0 bridgehead atoms. The Morgan fingerprint density at radius 1 is 0.944 bits per heavy atom. The largest absolute Gasteiger partial charge is 0.384 e. The maximum atomic E-state index is 13.4. The van der Waals surface area contributed by atoms with Crippen molar-refractivity contribution in [2.75, 3.05) is 11.9 Å². The molecule has 1 aliphatic rings. The minimum atomic E-state index is -1.41. The Morgan fingerprint density at radius 2 is 1.64 bits per heavy atom. The van der Waals surface area contributed by atoms with Crippen LogP contribution in [0.25, 0.3) is 0 Å². The number of carbonyl (C=O) groups is 2. The first kappa shape index (κ1) is 27.0. The van der Waals surface area contributed by atoms with E-state index in [4.69, 9.17) is 58.0 Å². The second kappa shape index (κ2) is 10.3. The lowest BCUT2D eigenvalue weighted by Crippen LogP contribution is -2.25. The Hall–Kier alpha value is -2.09. The highest BCUT2D eigenvalue weighted by molar-refractivity contribution is 6.54. The van der Waals surface area contributed by atoms with Crippen LogP contribution in [0.2, 0.25) is 15.1 Å². The van der Waals surface area contributed by atoms with Crippen molar-refractivity contribution in [2.45, 2.75) is 16.8 Å². The third kappa shape index (κ3) is 5.15. The van der Waals surface area contributed by atoms with Gasteiger partial charge < -0.3 is 15.4 Å². The molecule has 3 aromatic carbocycles. The summed E-state index contributed by atoms with van der Waals surface area (Å²) in [5.74, 6) is -3.08. The normalized spacial score (nSPS) is 20.0. The van der Waals surface area contributed by atoms with E-state index >= 15 is 0 Å². The molecule has 0 heterocycles. The van der Waals surface area contributed by atoms with Crippen LogP contribution in [-0.2, 0) is 11.3 Å². The first-order valence-corrected chi connectivity index (χ1v) is 12.4. The van der Waals surface area contributed by atoms with Gasteiger partial charge in [0.05, 0.1) is 16.0 Å². The molecule has 0 saturated heterocycles. The molecule has 11 heteroatoms. The molecular formula is C25H17Cl5F2N2O2. The Kier molecular flexibility index (Phi) is 7.75. The predicted molar refractivity (Wildman–Crippen MR) is 140 cm³/mol. The fraction of sp³-hybridized carbons (Fsp3) is 0.200. The molecule has 4 nitrogen and oxygen atoms in total. The smallest absolute Gasteiger partial charge is 0.253 e. The van der Waals surface area contributed by atoms with Gasteiger partial charge in [0, 0.05) is 34.7 Å². The van der Waals surface area contributed by atoms with Gasteiger partial charge in [-0.05, 0) is 59.7 Å². The fourth-order valence-electron chi connectivity index (χ4n) is 4.12. The van der Waals surface area contributed by atoms with Crippen molar-refractivity contribution in [1.29, 1.82) is 0 Å². The molecule has 1 aliphatic carbocycles. The molecule has 0 spiro atoms. The summed E-state index contributed by atoms with van der Waals surface area (Å²) < 4.78 is 25.1. The van der Waals surface area contributed by atoms with Crippen molar-refractivity contribution in [3.63, 3.8) is 0 Å². The molecule has 0 aliphatic heterocycles. The second-order valence-electron chi connectivity index (χ2n) is 8.40. The van der Waals surface area contributed by atoms with Crippen molar-refractivity contribution in [2.24, 2.45) is 5.41 Å². The molecule has 188 valence electrons. The molecule has 0 aromatic heterocycles. The van der Waals surface area contributed by atoms with Gasteiger partial charge in [0.2, 0.25) is 0 Å². The standard InChI is InChI=1S/C25H17Cl5F2N2O2/c26-15-6-14(7-16(27)8-15)22-24(12-35,25(22,29)30)11-34-17-2-3-19(28)18(9-17)23(36)33-10-13-1-4-20(31)21(32)5-13/h1-9,12,22,34H,10-11H2,(H,33,36). The van der Waals surface area contributed by atoms with Crippen LogP contribution in [0.1, 0.15) is 27.4 Å². The number of alkyl halides is 2. The van der Waals surface area contributed by atoms with Crippen LogP contribution in [0.3, 0.4) is 0 Å². The predicted octanol–water partition coefficient (Wildman–Crippen LogP) is 7.42. The van der Waals surface area contributed by atoms with Crippen LogP contribution in [0.5, 0.6) is 0 Å². The fourth-order valence-corrected chi connectivity index (χ4v) is 5.84. The molecule has 0 radical (unpaired) electrons. The van der Waals surface area contributed by atoms with Crippen LogP contribution in [0.4, 0.5) is 14.5 Å². The Labute approximate surface area is 230 Å². The number of amides is 1. The van der Waals surface area contributed by atoms with Crippen molar-refractivity contribution in [3.05, 3.63) is 98.0 Å². The molecule has 2 atom stereocenters. The van der Waals surface area contributed by atoms with Gasteiger partial charge in [0.25, 0.3) is 5.91 Å². The highest BCUT2D eigenvalue weighted by Crippen LogP contribution is 2.73. The summed E-state index contributed by atoms with van der Waals surface area (Å²) in [7, 11) is 0. The summed E-state index contributed by atoms with van der Waals surface area (Å²) in [6.45, 7) is 0.0129. The van der Waals surface area contributed by atoms with E-state index in [1.165, 1.54) is 18.2 Å². The summed E-state index contributed by atoms with van der Waals surface area (Å²) in [6, 6.07) is 12.9. The number of rotatable bonds is 8. The lowest BCUT2D eigenvalue weighted by Gasteiger charge is -2.15. The zero-order chi connectivity index (χ0) is 26.3. The topological polar surface area (TPSA) is 58.2 Å². The van der Waals surface area contributed by atoms with Gasteiger partial charge >= 0.3 is 0 Å². The number of anilines is 1. The number of nitrogens with one attached hydrogen (secondary N) is 2. The van der Waals surface area contributed by atoms with Gasteiger partial charge in [0.15, 0.2) is 11.6 Å². The average molecular weight is 593 g/mol. The molecular weight excluding hydrogens is 576 g/mol. The van der Waals surface area contributed by atoms with E-state index in [0.29, 0.717) is 33.1 Å². The van der Waals surface area contributed by atoms with Crippen molar-refractivity contribution < 1.29 is 18.4 Å². The maximum Gasteiger partial charge on any atom is 0.253 e. The van der Waals surface area contributed by atoms with E-state index in [-0.39, 0.29) is 23.7 Å². The van der Waals surface area contributed by atoms with Crippen LogP contribution >= 0.6 is 58.0 Å². The second-order valence-corrected chi connectivity index (χ2v) is 11.1. The first-order valence-electron chi connectivity index (χ1n) is 10.5. The van der Waals surface area contributed by atoms with Crippen molar-refractivity contribution in [1.82, 2.24) is 5.32 Å². The lowest BCUT2D eigenvalue weighted by molar-refractivity contribution is -0.112. The Balaban J connectivity index is 1.48. The van der Waals surface area contributed by atoms with Gasteiger partial charge in [-0.3, -0.25) is 4.79 Å². The van der Waals surface area contributed by atoms with Gasteiger partial charge in [-0.15, -0.1) is 0 Å². The Bertz CT molecular complexity index is 1330. The third-order valence-corrected chi connectivity index (χ3v) is 7.98.